The Balaban J connectivity index is 2.48. The lowest BCUT2D eigenvalue weighted by atomic mass is 10.2. The Morgan fingerprint density at radius 2 is 2.07 bits per heavy atom. The number of ether oxygens (including phenoxy) is 1. The van der Waals surface area contributed by atoms with E-state index in [2.05, 4.69) is 0 Å². The molecule has 1 aromatic carbocycles. The molecule has 1 aliphatic rings. The Labute approximate surface area is 88.9 Å². The fraction of sp³-hybridized carbons (Fsp3) is 0.400. The second-order valence-electron chi connectivity index (χ2n) is 3.47. The van der Waals surface area contributed by atoms with Gasteiger partial charge in [-0.15, -0.1) is 0 Å². The van der Waals surface area contributed by atoms with E-state index in [1.165, 1.54) is 6.07 Å². The quantitative estimate of drug-likeness (QED) is 0.628. The second-order valence-corrected chi connectivity index (χ2v) is 5.05. The van der Waals surface area contributed by atoms with Crippen molar-refractivity contribution in [1.82, 2.24) is 0 Å². The predicted molar refractivity (Wildman–Crippen MR) is 53.8 cm³/mol. The number of fused-ring (bicyclic) bond motifs is 1. The third kappa shape index (κ3) is 2.19. The van der Waals surface area contributed by atoms with Crippen LogP contribution in [0.1, 0.15) is 12.5 Å². The van der Waals surface area contributed by atoms with Gasteiger partial charge < -0.3 is 4.74 Å². The van der Waals surface area contributed by atoms with Crippen molar-refractivity contribution in [2.24, 2.45) is 0 Å². The summed E-state index contributed by atoms with van der Waals surface area (Å²) < 4.78 is 33.7. The first kappa shape index (κ1) is 10.6. The highest BCUT2D eigenvalue weighted by Gasteiger charge is 2.23. The normalized spacial score (nSPS) is 25.0. The van der Waals surface area contributed by atoms with E-state index >= 15 is 0 Å². The molecule has 0 fully saturated rings. The van der Waals surface area contributed by atoms with E-state index in [1.807, 2.05) is 0 Å². The molecule has 5 heteroatoms. The third-order valence-electron chi connectivity index (χ3n) is 2.22. The lowest BCUT2D eigenvalue weighted by Gasteiger charge is -2.19. The highest BCUT2D eigenvalue weighted by Crippen LogP contribution is 2.21. The van der Waals surface area contributed by atoms with E-state index in [0.717, 1.165) is 0 Å². The zero-order chi connectivity index (χ0) is 10.9. The molecule has 0 bridgehead atoms. The Kier molecular flexibility index (Phi) is 2.77. The summed E-state index contributed by atoms with van der Waals surface area (Å²) >= 11 is 0. The summed E-state index contributed by atoms with van der Waals surface area (Å²) in [6, 6.07) is 6.72. The van der Waals surface area contributed by atoms with Crippen molar-refractivity contribution in [1.29, 1.82) is 0 Å². The molecule has 0 radical (unpaired) electrons. The molecule has 4 nitrogen and oxygen atoms in total. The smallest absolute Gasteiger partial charge is 0.297 e. The fourth-order valence-electron chi connectivity index (χ4n) is 1.40. The minimum absolute atomic E-state index is 0.0661. The van der Waals surface area contributed by atoms with Crippen molar-refractivity contribution >= 4 is 10.1 Å². The molecule has 0 aromatic heterocycles. The van der Waals surface area contributed by atoms with Crippen LogP contribution in [0.4, 0.5) is 0 Å². The molecule has 1 aliphatic heterocycles. The first-order valence-electron chi connectivity index (χ1n) is 4.68. The van der Waals surface area contributed by atoms with Gasteiger partial charge >= 0.3 is 0 Å². The molecular formula is C10H12O4S. The van der Waals surface area contributed by atoms with Gasteiger partial charge in [0.05, 0.1) is 24.2 Å². The van der Waals surface area contributed by atoms with E-state index in [0.29, 0.717) is 12.2 Å². The van der Waals surface area contributed by atoms with Gasteiger partial charge in [-0.1, -0.05) is 18.2 Å². The first-order valence-corrected chi connectivity index (χ1v) is 6.09. The van der Waals surface area contributed by atoms with Crippen molar-refractivity contribution in [3.8, 4) is 0 Å². The monoisotopic (exact) mass is 228 g/mol. The highest BCUT2D eigenvalue weighted by molar-refractivity contribution is 7.86. The maximum atomic E-state index is 11.7. The lowest BCUT2D eigenvalue weighted by Crippen LogP contribution is -2.23. The average molecular weight is 228 g/mol. The molecule has 82 valence electrons. The first-order chi connectivity index (χ1) is 7.09. The summed E-state index contributed by atoms with van der Waals surface area (Å²) in [5.74, 6) is 0. The van der Waals surface area contributed by atoms with Crippen molar-refractivity contribution in [2.75, 3.05) is 6.61 Å². The summed E-state index contributed by atoms with van der Waals surface area (Å²) in [4.78, 5) is 0.205. The molecular weight excluding hydrogens is 216 g/mol. The summed E-state index contributed by atoms with van der Waals surface area (Å²) in [5, 5.41) is 0. The van der Waals surface area contributed by atoms with E-state index < -0.39 is 10.1 Å². The molecule has 0 saturated heterocycles. The number of hydrogen-bond donors (Lipinski definition) is 0. The molecule has 0 spiro atoms. The van der Waals surface area contributed by atoms with Gasteiger partial charge in [0, 0.05) is 0 Å². The summed E-state index contributed by atoms with van der Waals surface area (Å²) in [5.41, 5.74) is 0.643. The van der Waals surface area contributed by atoms with Crippen LogP contribution in [0.2, 0.25) is 0 Å². The Morgan fingerprint density at radius 1 is 1.33 bits per heavy atom. The second kappa shape index (κ2) is 3.92. The number of benzene rings is 1. The minimum atomic E-state index is -3.61. The van der Waals surface area contributed by atoms with E-state index in [1.54, 1.807) is 25.1 Å². The molecule has 15 heavy (non-hydrogen) atoms. The fourth-order valence-corrected chi connectivity index (χ4v) is 2.59. The molecule has 1 unspecified atom stereocenters. The van der Waals surface area contributed by atoms with Gasteiger partial charge in [-0.05, 0) is 18.6 Å². The standard InChI is InChI=1S/C10H12O4S/c1-8-6-14-15(11,12)10-5-3-2-4-9(10)7-13-8/h2-5,8H,6-7H2,1H3. The Bertz CT molecular complexity index is 452. The van der Waals surface area contributed by atoms with Crippen molar-refractivity contribution in [3.63, 3.8) is 0 Å². The Morgan fingerprint density at radius 3 is 2.87 bits per heavy atom. The Hall–Kier alpha value is -0.910. The molecule has 0 aliphatic carbocycles. The van der Waals surface area contributed by atoms with Crippen molar-refractivity contribution in [3.05, 3.63) is 29.8 Å². The molecule has 2 rings (SSSR count). The van der Waals surface area contributed by atoms with Crippen LogP contribution < -0.4 is 0 Å². The van der Waals surface area contributed by atoms with Crippen molar-refractivity contribution in [2.45, 2.75) is 24.5 Å². The van der Waals surface area contributed by atoms with E-state index in [4.69, 9.17) is 8.92 Å². The largest absolute Gasteiger partial charge is 0.371 e. The zero-order valence-electron chi connectivity index (χ0n) is 8.34. The van der Waals surface area contributed by atoms with Gasteiger partial charge in [-0.25, -0.2) is 0 Å². The molecule has 1 heterocycles. The van der Waals surface area contributed by atoms with Crippen LogP contribution in [0.5, 0.6) is 0 Å². The van der Waals surface area contributed by atoms with Crippen LogP contribution in [0.3, 0.4) is 0 Å². The van der Waals surface area contributed by atoms with Crippen LogP contribution in [0, 0.1) is 0 Å². The van der Waals surface area contributed by atoms with Crippen LogP contribution in [0.25, 0.3) is 0 Å². The average Bonchev–Trinajstić information content (AvgIpc) is 2.23. The number of rotatable bonds is 0. The lowest BCUT2D eigenvalue weighted by molar-refractivity contribution is 0.0180. The maximum absolute atomic E-state index is 11.7. The summed E-state index contributed by atoms with van der Waals surface area (Å²) in [6.45, 7) is 2.15. The van der Waals surface area contributed by atoms with Gasteiger partial charge in [0.25, 0.3) is 10.1 Å². The third-order valence-corrected chi connectivity index (χ3v) is 3.61. The van der Waals surface area contributed by atoms with E-state index in [-0.39, 0.29) is 17.6 Å². The van der Waals surface area contributed by atoms with Gasteiger partial charge in [-0.3, -0.25) is 4.18 Å². The molecule has 1 aromatic rings. The number of hydrogen-bond acceptors (Lipinski definition) is 4. The minimum Gasteiger partial charge on any atom is -0.371 e. The van der Waals surface area contributed by atoms with Crippen LogP contribution in [-0.2, 0) is 25.6 Å². The van der Waals surface area contributed by atoms with Crippen LogP contribution in [-0.4, -0.2) is 21.1 Å². The summed E-state index contributed by atoms with van der Waals surface area (Å²) in [6.07, 6.45) is -0.215. The van der Waals surface area contributed by atoms with Crippen LogP contribution in [0.15, 0.2) is 29.2 Å². The van der Waals surface area contributed by atoms with Gasteiger partial charge in [0.1, 0.15) is 0 Å². The molecule has 1 atom stereocenters. The van der Waals surface area contributed by atoms with Crippen molar-refractivity contribution < 1.29 is 17.3 Å². The molecule has 0 saturated carbocycles. The summed E-state index contributed by atoms with van der Waals surface area (Å²) in [7, 11) is -3.61. The molecule has 0 N–H and O–H groups in total. The zero-order valence-corrected chi connectivity index (χ0v) is 9.16. The van der Waals surface area contributed by atoms with Gasteiger partial charge in [-0.2, -0.15) is 8.42 Å². The van der Waals surface area contributed by atoms with E-state index in [9.17, 15) is 8.42 Å². The van der Waals surface area contributed by atoms with Crippen LogP contribution >= 0.6 is 0 Å². The van der Waals surface area contributed by atoms with Gasteiger partial charge in [0.2, 0.25) is 0 Å². The predicted octanol–water partition coefficient (Wildman–Crippen LogP) is 1.31. The SMILES string of the molecule is CC1COS(=O)(=O)c2ccccc2CO1. The molecule has 0 amide bonds. The highest BCUT2D eigenvalue weighted by atomic mass is 32.2. The maximum Gasteiger partial charge on any atom is 0.297 e. The van der Waals surface area contributed by atoms with Gasteiger partial charge in [0.15, 0.2) is 0 Å². The topological polar surface area (TPSA) is 52.6 Å².